The van der Waals surface area contributed by atoms with Crippen LogP contribution in [-0.4, -0.2) is 4.57 Å². The van der Waals surface area contributed by atoms with E-state index in [2.05, 4.69) is 0 Å². The second-order valence-electron chi connectivity index (χ2n) is 4.92. The Kier molecular flexibility index (Phi) is 3.43. The maximum Gasteiger partial charge on any atom is 0.251 e. The molecule has 2 aromatic carbocycles. The molecular weight excluding hydrogens is 317 g/mol. The molecule has 0 unspecified atom stereocenters. The average Bonchev–Trinajstić information content (AvgIpc) is 2.55. The van der Waals surface area contributed by atoms with Crippen LogP contribution in [0.2, 0.25) is 0 Å². The molecule has 3 rings (SSSR count). The minimum atomic E-state index is -2.24. The lowest BCUT2D eigenvalue weighted by atomic mass is 9.99. The van der Waals surface area contributed by atoms with Gasteiger partial charge in [-0.1, -0.05) is 18.2 Å². The van der Waals surface area contributed by atoms with Crippen LogP contribution in [0.5, 0.6) is 0 Å². The molecule has 0 N–H and O–H groups in total. The van der Waals surface area contributed by atoms with Gasteiger partial charge in [0.25, 0.3) is 5.56 Å². The smallest absolute Gasteiger partial charge is 0.251 e. The molecule has 7 heteroatoms. The van der Waals surface area contributed by atoms with Gasteiger partial charge in [0, 0.05) is 24.1 Å². The van der Waals surface area contributed by atoms with E-state index >= 15 is 0 Å². The standard InChI is InChI=1S/C16H8F5NO/c1-22-9-5-3-2-4-7(9)8(6-10(22)23)11-12(17)14(19)16(21)15(20)13(11)18/h2-6H,1H3. The molecule has 2 nitrogen and oxygen atoms in total. The molecule has 0 aliphatic carbocycles. The van der Waals surface area contributed by atoms with E-state index in [0.29, 0.717) is 5.52 Å². The highest BCUT2D eigenvalue weighted by Gasteiger charge is 2.27. The number of aryl methyl sites for hydroxylation is 1. The maximum atomic E-state index is 14.0. The maximum absolute atomic E-state index is 14.0. The summed E-state index contributed by atoms with van der Waals surface area (Å²) in [6, 6.07) is 6.90. The number of hydrogen-bond acceptors (Lipinski definition) is 1. The molecule has 0 aliphatic rings. The average molecular weight is 325 g/mol. The van der Waals surface area contributed by atoms with Crippen molar-refractivity contribution in [1.82, 2.24) is 4.57 Å². The molecule has 0 atom stereocenters. The van der Waals surface area contributed by atoms with Gasteiger partial charge in [-0.2, -0.15) is 0 Å². The van der Waals surface area contributed by atoms with E-state index in [1.54, 1.807) is 6.07 Å². The Labute approximate surface area is 126 Å². The normalized spacial score (nSPS) is 11.2. The van der Waals surface area contributed by atoms with Gasteiger partial charge >= 0.3 is 0 Å². The van der Waals surface area contributed by atoms with E-state index in [-0.39, 0.29) is 10.9 Å². The quantitative estimate of drug-likeness (QED) is 0.378. The fourth-order valence-corrected chi connectivity index (χ4v) is 2.46. The Morgan fingerprint density at radius 1 is 0.826 bits per heavy atom. The van der Waals surface area contributed by atoms with Crippen molar-refractivity contribution in [3.05, 3.63) is 69.8 Å². The van der Waals surface area contributed by atoms with E-state index in [4.69, 9.17) is 0 Å². The number of pyridine rings is 1. The third kappa shape index (κ3) is 2.11. The van der Waals surface area contributed by atoms with E-state index < -0.39 is 40.2 Å². The SMILES string of the molecule is Cn1c(=O)cc(-c2c(F)c(F)c(F)c(F)c2F)c2ccccc21. The summed E-state index contributed by atoms with van der Waals surface area (Å²) in [7, 11) is 1.44. The van der Waals surface area contributed by atoms with Crippen LogP contribution >= 0.6 is 0 Å². The third-order valence-corrected chi connectivity index (χ3v) is 3.63. The van der Waals surface area contributed by atoms with Gasteiger partial charge in [-0.3, -0.25) is 4.79 Å². The molecule has 0 fully saturated rings. The molecule has 23 heavy (non-hydrogen) atoms. The van der Waals surface area contributed by atoms with Crippen molar-refractivity contribution in [2.24, 2.45) is 7.05 Å². The molecule has 0 bridgehead atoms. The Hall–Kier alpha value is -2.70. The molecule has 1 heterocycles. The van der Waals surface area contributed by atoms with Gasteiger partial charge in [0.15, 0.2) is 23.3 Å². The van der Waals surface area contributed by atoms with E-state index in [9.17, 15) is 26.7 Å². The first kappa shape index (κ1) is 15.2. The highest BCUT2D eigenvalue weighted by molar-refractivity contribution is 5.94. The predicted octanol–water partition coefficient (Wildman–Crippen LogP) is 3.90. The number of fused-ring (bicyclic) bond motifs is 1. The molecule has 3 aromatic rings. The zero-order chi connectivity index (χ0) is 16.9. The second kappa shape index (κ2) is 5.19. The Balaban J connectivity index is 2.53. The number of aromatic nitrogens is 1. The lowest BCUT2D eigenvalue weighted by Crippen LogP contribution is -2.17. The van der Waals surface area contributed by atoms with Gasteiger partial charge in [0.05, 0.1) is 11.1 Å². The summed E-state index contributed by atoms with van der Waals surface area (Å²) in [5.74, 6) is -10.3. The fourth-order valence-electron chi connectivity index (χ4n) is 2.46. The zero-order valence-electron chi connectivity index (χ0n) is 11.6. The van der Waals surface area contributed by atoms with Gasteiger partial charge in [0.2, 0.25) is 5.82 Å². The summed E-state index contributed by atoms with van der Waals surface area (Å²) in [6.45, 7) is 0. The predicted molar refractivity (Wildman–Crippen MR) is 74.4 cm³/mol. The van der Waals surface area contributed by atoms with Crippen molar-refractivity contribution < 1.29 is 22.0 Å². The minimum absolute atomic E-state index is 0.192. The van der Waals surface area contributed by atoms with Crippen LogP contribution < -0.4 is 5.56 Å². The lowest BCUT2D eigenvalue weighted by molar-refractivity contribution is 0.381. The molecule has 0 saturated heterocycles. The molecular formula is C16H8F5NO. The molecule has 0 saturated carbocycles. The summed E-state index contributed by atoms with van der Waals surface area (Å²) in [4.78, 5) is 11.9. The molecule has 0 radical (unpaired) electrons. The minimum Gasteiger partial charge on any atom is -0.311 e. The van der Waals surface area contributed by atoms with E-state index in [1.165, 1.54) is 29.8 Å². The number of nitrogens with zero attached hydrogens (tertiary/aromatic N) is 1. The van der Waals surface area contributed by atoms with Crippen molar-refractivity contribution in [2.45, 2.75) is 0 Å². The van der Waals surface area contributed by atoms with Crippen molar-refractivity contribution >= 4 is 10.9 Å². The van der Waals surface area contributed by atoms with Crippen molar-refractivity contribution in [3.8, 4) is 11.1 Å². The van der Waals surface area contributed by atoms with Crippen LogP contribution in [0.3, 0.4) is 0 Å². The lowest BCUT2D eigenvalue weighted by Gasteiger charge is -2.13. The van der Waals surface area contributed by atoms with Gasteiger partial charge in [-0.15, -0.1) is 0 Å². The van der Waals surface area contributed by atoms with E-state index in [0.717, 1.165) is 6.07 Å². The monoisotopic (exact) mass is 325 g/mol. The highest BCUT2D eigenvalue weighted by atomic mass is 19.2. The summed E-state index contributed by atoms with van der Waals surface area (Å²) < 4.78 is 69.3. The van der Waals surface area contributed by atoms with Crippen LogP contribution in [0.25, 0.3) is 22.0 Å². The van der Waals surface area contributed by atoms with Gasteiger partial charge in [-0.05, 0) is 6.07 Å². The van der Waals surface area contributed by atoms with Crippen LogP contribution in [0.1, 0.15) is 0 Å². The summed E-state index contributed by atoms with van der Waals surface area (Å²) in [5.41, 5.74) is -1.80. The topological polar surface area (TPSA) is 22.0 Å². The van der Waals surface area contributed by atoms with Crippen molar-refractivity contribution in [2.75, 3.05) is 0 Å². The number of hydrogen-bond donors (Lipinski definition) is 0. The number of halogens is 5. The molecule has 118 valence electrons. The van der Waals surface area contributed by atoms with E-state index in [1.807, 2.05) is 0 Å². The summed E-state index contributed by atoms with van der Waals surface area (Å²) in [6.07, 6.45) is 0. The Morgan fingerprint density at radius 3 is 1.96 bits per heavy atom. The summed E-state index contributed by atoms with van der Waals surface area (Å²) in [5, 5.41) is 0.192. The largest absolute Gasteiger partial charge is 0.311 e. The zero-order valence-corrected chi connectivity index (χ0v) is 11.6. The van der Waals surface area contributed by atoms with Crippen molar-refractivity contribution in [3.63, 3.8) is 0 Å². The third-order valence-electron chi connectivity index (χ3n) is 3.63. The van der Waals surface area contributed by atoms with Gasteiger partial charge in [-0.25, -0.2) is 22.0 Å². The van der Waals surface area contributed by atoms with Crippen LogP contribution in [0.15, 0.2) is 35.1 Å². The Bertz CT molecular complexity index is 980. The highest BCUT2D eigenvalue weighted by Crippen LogP contribution is 2.34. The van der Waals surface area contributed by atoms with Crippen molar-refractivity contribution in [1.29, 1.82) is 0 Å². The van der Waals surface area contributed by atoms with Gasteiger partial charge in [0.1, 0.15) is 0 Å². The van der Waals surface area contributed by atoms with Crippen LogP contribution in [0, 0.1) is 29.1 Å². The molecule has 1 aromatic heterocycles. The molecule has 0 aliphatic heterocycles. The number of rotatable bonds is 1. The first-order valence-electron chi connectivity index (χ1n) is 6.45. The van der Waals surface area contributed by atoms with Gasteiger partial charge < -0.3 is 4.57 Å². The number of benzene rings is 2. The Morgan fingerprint density at radius 2 is 1.35 bits per heavy atom. The second-order valence-corrected chi connectivity index (χ2v) is 4.92. The number of para-hydroxylation sites is 1. The first-order valence-corrected chi connectivity index (χ1v) is 6.45. The fraction of sp³-hybridized carbons (Fsp3) is 0.0625. The summed E-state index contributed by atoms with van der Waals surface area (Å²) >= 11 is 0. The molecule has 0 amide bonds. The molecule has 0 spiro atoms. The van der Waals surface area contributed by atoms with Crippen LogP contribution in [0.4, 0.5) is 22.0 Å². The van der Waals surface area contributed by atoms with Crippen LogP contribution in [-0.2, 0) is 7.05 Å². The first-order chi connectivity index (χ1) is 10.8.